The van der Waals surface area contributed by atoms with Crippen molar-refractivity contribution in [3.8, 4) is 39.1 Å². The van der Waals surface area contributed by atoms with Crippen LogP contribution in [0.5, 0.6) is 0 Å². The van der Waals surface area contributed by atoms with E-state index in [-0.39, 0.29) is 0 Å². The highest BCUT2D eigenvalue weighted by Crippen LogP contribution is 2.46. The molecule has 1 heterocycles. The molecule has 0 fully saturated rings. The van der Waals surface area contributed by atoms with Crippen LogP contribution in [0.15, 0.2) is 261 Å². The van der Waals surface area contributed by atoms with E-state index in [0.29, 0.717) is 0 Å². The molecule has 3 nitrogen and oxygen atoms in total. The van der Waals surface area contributed by atoms with E-state index >= 15 is 0 Å². The molecule has 10 aromatic carbocycles. The molecule has 0 radical (unpaired) electrons. The number of para-hydroxylation sites is 6. The number of benzene rings is 10. The average Bonchev–Trinajstić information content (AvgIpc) is 3.70. The zero-order valence-electron chi connectivity index (χ0n) is 34.7. The highest BCUT2D eigenvalue weighted by molar-refractivity contribution is 6.10. The Morgan fingerprint density at radius 2 is 0.714 bits per heavy atom. The second-order valence-corrected chi connectivity index (χ2v) is 15.8. The van der Waals surface area contributed by atoms with E-state index in [1.807, 2.05) is 0 Å². The molecule has 3 heteroatoms. The van der Waals surface area contributed by atoms with Crippen LogP contribution in [0.4, 0.5) is 34.1 Å². The Morgan fingerprint density at radius 1 is 0.254 bits per heavy atom. The van der Waals surface area contributed by atoms with Gasteiger partial charge >= 0.3 is 0 Å². The molecule has 0 N–H and O–H groups in total. The van der Waals surface area contributed by atoms with E-state index in [2.05, 4.69) is 275 Å². The second kappa shape index (κ2) is 16.6. The van der Waals surface area contributed by atoms with E-state index in [1.54, 1.807) is 0 Å². The van der Waals surface area contributed by atoms with Crippen LogP contribution in [0.3, 0.4) is 0 Å². The number of hydrogen-bond donors (Lipinski definition) is 0. The molecule has 1 aromatic heterocycles. The van der Waals surface area contributed by atoms with Crippen LogP contribution >= 0.6 is 0 Å². The van der Waals surface area contributed by atoms with E-state index in [1.165, 1.54) is 27.4 Å². The van der Waals surface area contributed by atoms with Crippen molar-refractivity contribution in [2.24, 2.45) is 0 Å². The molecule has 0 aliphatic heterocycles. The summed E-state index contributed by atoms with van der Waals surface area (Å²) in [5.74, 6) is 0. The standard InChI is InChI=1S/C60H43N3/c1-6-20-44(21-7-1)46-36-40-54(59(42-46)62(49-24-10-3-11-25-49)50-26-12-4-13-27-50)45-34-38-52(39-35-45)61(48-22-8-2-9-23-48)57-32-18-16-30-53(57)47-37-41-56-55-31-17-19-33-58(55)63(60(56)43-47)51-28-14-5-15-29-51/h1-43H. The summed E-state index contributed by atoms with van der Waals surface area (Å²) in [6, 6.07) is 93.7. The molecular weight excluding hydrogens is 763 g/mol. The maximum atomic E-state index is 2.39. The quantitative estimate of drug-likeness (QED) is 0.136. The van der Waals surface area contributed by atoms with Crippen LogP contribution in [0.25, 0.3) is 60.9 Å². The van der Waals surface area contributed by atoms with Crippen molar-refractivity contribution in [1.29, 1.82) is 0 Å². The molecule has 0 unspecified atom stereocenters. The molecule has 11 rings (SSSR count). The zero-order valence-corrected chi connectivity index (χ0v) is 34.7. The van der Waals surface area contributed by atoms with Crippen molar-refractivity contribution in [2.75, 3.05) is 9.80 Å². The molecule has 63 heavy (non-hydrogen) atoms. The van der Waals surface area contributed by atoms with E-state index in [0.717, 1.165) is 67.6 Å². The fraction of sp³-hybridized carbons (Fsp3) is 0. The molecule has 0 aliphatic rings. The normalized spacial score (nSPS) is 11.2. The van der Waals surface area contributed by atoms with Gasteiger partial charge in [0.15, 0.2) is 0 Å². The summed E-state index contributed by atoms with van der Waals surface area (Å²) >= 11 is 0. The highest BCUT2D eigenvalue weighted by atomic mass is 15.2. The maximum Gasteiger partial charge on any atom is 0.0547 e. The molecule has 0 saturated heterocycles. The van der Waals surface area contributed by atoms with Gasteiger partial charge in [0.1, 0.15) is 0 Å². The van der Waals surface area contributed by atoms with Crippen LogP contribution in [-0.4, -0.2) is 4.57 Å². The minimum absolute atomic E-state index is 1.07. The Bertz CT molecular complexity index is 3270. The van der Waals surface area contributed by atoms with Crippen molar-refractivity contribution in [1.82, 2.24) is 4.57 Å². The molecule has 0 atom stereocenters. The first-order valence-corrected chi connectivity index (χ1v) is 21.5. The van der Waals surface area contributed by atoms with Gasteiger partial charge in [0.2, 0.25) is 0 Å². The van der Waals surface area contributed by atoms with Gasteiger partial charge in [-0.05, 0) is 107 Å². The Hall–Kier alpha value is -8.40. The van der Waals surface area contributed by atoms with Gasteiger partial charge in [0.05, 0.1) is 22.4 Å². The van der Waals surface area contributed by atoms with E-state index in [9.17, 15) is 0 Å². The van der Waals surface area contributed by atoms with Gasteiger partial charge in [-0.15, -0.1) is 0 Å². The summed E-state index contributed by atoms with van der Waals surface area (Å²) in [5, 5.41) is 2.48. The lowest BCUT2D eigenvalue weighted by Crippen LogP contribution is -2.12. The van der Waals surface area contributed by atoms with Gasteiger partial charge in [0, 0.05) is 50.3 Å². The van der Waals surface area contributed by atoms with Crippen LogP contribution in [0, 0.1) is 0 Å². The number of fused-ring (bicyclic) bond motifs is 3. The maximum absolute atomic E-state index is 2.39. The van der Waals surface area contributed by atoms with Gasteiger partial charge in [0.25, 0.3) is 0 Å². The van der Waals surface area contributed by atoms with Crippen LogP contribution in [0.1, 0.15) is 0 Å². The molecule has 11 aromatic rings. The average molecular weight is 806 g/mol. The number of nitrogens with zero attached hydrogens (tertiary/aromatic N) is 3. The first-order chi connectivity index (χ1) is 31.3. The number of rotatable bonds is 10. The van der Waals surface area contributed by atoms with Crippen LogP contribution in [0.2, 0.25) is 0 Å². The SMILES string of the molecule is c1ccc(-c2ccc(-c3ccc(N(c4ccccc4)c4ccccc4-c4ccc5c6ccccc6n(-c6ccccc6)c5c4)cc3)c(N(c3ccccc3)c3ccccc3)c2)cc1. The van der Waals surface area contributed by atoms with Gasteiger partial charge in [-0.3, -0.25) is 0 Å². The minimum Gasteiger partial charge on any atom is -0.310 e. The lowest BCUT2D eigenvalue weighted by molar-refractivity contribution is 1.18. The van der Waals surface area contributed by atoms with Gasteiger partial charge in [-0.25, -0.2) is 0 Å². The summed E-state index contributed by atoms with van der Waals surface area (Å²) in [6.45, 7) is 0. The predicted octanol–water partition coefficient (Wildman–Crippen LogP) is 16.7. The molecule has 0 aliphatic carbocycles. The van der Waals surface area contributed by atoms with Crippen molar-refractivity contribution >= 4 is 55.9 Å². The third kappa shape index (κ3) is 7.12. The van der Waals surface area contributed by atoms with Crippen LogP contribution in [-0.2, 0) is 0 Å². The summed E-state index contributed by atoms with van der Waals surface area (Å²) in [5.41, 5.74) is 17.0. The summed E-state index contributed by atoms with van der Waals surface area (Å²) in [7, 11) is 0. The Balaban J connectivity index is 1.05. The van der Waals surface area contributed by atoms with Gasteiger partial charge < -0.3 is 14.4 Å². The zero-order chi connectivity index (χ0) is 42.0. The largest absolute Gasteiger partial charge is 0.310 e. The Kier molecular flexibility index (Phi) is 9.89. The number of aromatic nitrogens is 1. The molecule has 298 valence electrons. The van der Waals surface area contributed by atoms with Gasteiger partial charge in [-0.1, -0.05) is 176 Å². The highest BCUT2D eigenvalue weighted by Gasteiger charge is 2.21. The first kappa shape index (κ1) is 37.6. The lowest BCUT2D eigenvalue weighted by Gasteiger charge is -2.29. The Labute approximate surface area is 368 Å². The molecular formula is C60H43N3. The fourth-order valence-electron chi connectivity index (χ4n) is 9.05. The van der Waals surface area contributed by atoms with E-state index < -0.39 is 0 Å². The smallest absolute Gasteiger partial charge is 0.0547 e. The van der Waals surface area contributed by atoms with Crippen LogP contribution < -0.4 is 9.80 Å². The second-order valence-electron chi connectivity index (χ2n) is 15.8. The summed E-state index contributed by atoms with van der Waals surface area (Å²) < 4.78 is 2.39. The molecule has 0 spiro atoms. The van der Waals surface area contributed by atoms with E-state index in [4.69, 9.17) is 0 Å². The van der Waals surface area contributed by atoms with Crippen molar-refractivity contribution in [2.45, 2.75) is 0 Å². The first-order valence-electron chi connectivity index (χ1n) is 21.5. The van der Waals surface area contributed by atoms with Crippen molar-refractivity contribution in [3.05, 3.63) is 261 Å². The third-order valence-corrected chi connectivity index (χ3v) is 12.0. The molecule has 0 bridgehead atoms. The topological polar surface area (TPSA) is 11.4 Å². The Morgan fingerprint density at radius 3 is 1.37 bits per heavy atom. The van der Waals surface area contributed by atoms with Crippen molar-refractivity contribution < 1.29 is 0 Å². The summed E-state index contributed by atoms with van der Waals surface area (Å²) in [6.07, 6.45) is 0. The summed E-state index contributed by atoms with van der Waals surface area (Å²) in [4.78, 5) is 4.76. The monoisotopic (exact) mass is 805 g/mol. The molecule has 0 saturated carbocycles. The lowest BCUT2D eigenvalue weighted by atomic mass is 9.96. The predicted molar refractivity (Wildman–Crippen MR) is 266 cm³/mol. The minimum atomic E-state index is 1.07. The molecule has 0 amide bonds. The fourth-order valence-corrected chi connectivity index (χ4v) is 9.05. The van der Waals surface area contributed by atoms with Crippen molar-refractivity contribution in [3.63, 3.8) is 0 Å². The number of anilines is 6. The number of hydrogen-bond acceptors (Lipinski definition) is 2. The van der Waals surface area contributed by atoms with Gasteiger partial charge in [-0.2, -0.15) is 0 Å². The third-order valence-electron chi connectivity index (χ3n) is 12.0.